The average Bonchev–Trinajstić information content (AvgIpc) is 3.42. The molecule has 6 rings (SSSR count). The summed E-state index contributed by atoms with van der Waals surface area (Å²) in [5.74, 6) is 1.36. The predicted molar refractivity (Wildman–Crippen MR) is 165 cm³/mol. The van der Waals surface area contributed by atoms with E-state index in [0.717, 1.165) is 41.6 Å². The van der Waals surface area contributed by atoms with Gasteiger partial charge in [-0.25, -0.2) is 4.98 Å². The third-order valence-electron chi connectivity index (χ3n) is 10.4. The number of unbranched alkanes of at least 4 members (excludes halogenated alkanes) is 1. The van der Waals surface area contributed by atoms with Gasteiger partial charge >= 0.3 is 6.18 Å². The Bertz CT molecular complexity index is 1450. The maximum absolute atomic E-state index is 13.1. The summed E-state index contributed by atoms with van der Waals surface area (Å²) in [6.45, 7) is 6.03. The van der Waals surface area contributed by atoms with Crippen LogP contribution >= 0.6 is 0 Å². The van der Waals surface area contributed by atoms with Crippen molar-refractivity contribution in [1.29, 1.82) is 0 Å². The van der Waals surface area contributed by atoms with Crippen molar-refractivity contribution in [2.45, 2.75) is 89.8 Å². The zero-order valence-electron chi connectivity index (χ0n) is 25.8. The number of benzene rings is 1. The molecule has 2 saturated carbocycles. The highest BCUT2D eigenvalue weighted by atomic mass is 19.4. The third kappa shape index (κ3) is 6.75. The molecule has 3 fully saturated rings. The van der Waals surface area contributed by atoms with Gasteiger partial charge in [-0.15, -0.1) is 0 Å². The van der Waals surface area contributed by atoms with Crippen LogP contribution in [0.5, 0.6) is 5.75 Å². The van der Waals surface area contributed by atoms with Gasteiger partial charge in [0.1, 0.15) is 17.1 Å². The van der Waals surface area contributed by atoms with Crippen LogP contribution < -0.4 is 10.1 Å². The van der Waals surface area contributed by atoms with Crippen LogP contribution in [0.15, 0.2) is 36.5 Å². The van der Waals surface area contributed by atoms with Gasteiger partial charge in [0.2, 0.25) is 0 Å². The van der Waals surface area contributed by atoms with Gasteiger partial charge in [0.05, 0.1) is 24.4 Å². The number of piperidine rings is 1. The minimum Gasteiger partial charge on any atom is -0.494 e. The molecule has 238 valence electrons. The number of nitrogens with one attached hydrogen (secondary N) is 1. The van der Waals surface area contributed by atoms with Crippen molar-refractivity contribution in [2.24, 2.45) is 17.3 Å². The maximum Gasteiger partial charge on any atom is 0.433 e. The molecule has 1 aromatic carbocycles. The van der Waals surface area contributed by atoms with E-state index < -0.39 is 17.8 Å². The number of alkyl halides is 3. The SMILES string of the molecule is CCCCC1CC2(CCN(CC3CCC(n4cc5cc(NC(=O)c6cccc(C(F)(F)F)n6)c(OC)cc5n4)CC3)CC2)C1. The molecular formula is C34H44F3N5O2. The Morgan fingerprint density at radius 3 is 2.52 bits per heavy atom. The third-order valence-corrected chi connectivity index (χ3v) is 10.4. The van der Waals surface area contributed by atoms with Gasteiger partial charge in [-0.05, 0) is 99.9 Å². The van der Waals surface area contributed by atoms with E-state index in [9.17, 15) is 18.0 Å². The summed E-state index contributed by atoms with van der Waals surface area (Å²) in [5, 5.41) is 8.33. The first kappa shape index (κ1) is 30.9. The number of hydrogen-bond acceptors (Lipinski definition) is 5. The number of ether oxygens (including phenoxy) is 1. The second-order valence-corrected chi connectivity index (χ2v) is 13.5. The Labute approximate surface area is 257 Å². The van der Waals surface area contributed by atoms with Crippen LogP contribution in [0.4, 0.5) is 18.9 Å². The average molecular weight is 612 g/mol. The molecule has 1 aliphatic heterocycles. The first-order valence-electron chi connectivity index (χ1n) is 16.3. The number of nitrogens with zero attached hydrogens (tertiary/aromatic N) is 4. The van der Waals surface area contributed by atoms with E-state index in [4.69, 9.17) is 9.84 Å². The van der Waals surface area contributed by atoms with Crippen molar-refractivity contribution in [3.8, 4) is 5.75 Å². The molecule has 1 spiro atoms. The molecule has 2 aliphatic carbocycles. The zero-order valence-corrected chi connectivity index (χ0v) is 25.8. The monoisotopic (exact) mass is 611 g/mol. The smallest absolute Gasteiger partial charge is 0.433 e. The maximum atomic E-state index is 13.1. The molecule has 3 aromatic rings. The standard InChI is InChI=1S/C34H44F3N5O2/c1-3-4-6-24-19-33(20-24)13-15-41(16-14-33)21-23-9-11-26(12-10-23)42-22-25-17-29(30(44-2)18-28(25)40-42)39-32(43)27-7-5-8-31(38-27)34(35,36)37/h5,7-8,17-18,22-24,26H,3-4,6,9-16,19-21H2,1-2H3,(H,39,43). The fourth-order valence-electron chi connectivity index (χ4n) is 7.87. The number of methoxy groups -OCH3 is 1. The van der Waals surface area contributed by atoms with Crippen molar-refractivity contribution >= 4 is 22.5 Å². The van der Waals surface area contributed by atoms with Crippen LogP contribution in [0.25, 0.3) is 10.9 Å². The van der Waals surface area contributed by atoms with E-state index in [1.165, 1.54) is 96.7 Å². The van der Waals surface area contributed by atoms with Crippen molar-refractivity contribution in [2.75, 3.05) is 32.1 Å². The van der Waals surface area contributed by atoms with E-state index >= 15 is 0 Å². The van der Waals surface area contributed by atoms with Gasteiger partial charge in [0.15, 0.2) is 0 Å². The Morgan fingerprint density at radius 2 is 1.84 bits per heavy atom. The summed E-state index contributed by atoms with van der Waals surface area (Å²) in [6, 6.07) is 7.09. The highest BCUT2D eigenvalue weighted by Gasteiger charge is 2.45. The summed E-state index contributed by atoms with van der Waals surface area (Å²) in [6.07, 6.45) is 11.7. The number of amides is 1. The largest absolute Gasteiger partial charge is 0.494 e. The predicted octanol–water partition coefficient (Wildman–Crippen LogP) is 8.12. The summed E-state index contributed by atoms with van der Waals surface area (Å²) in [7, 11) is 1.48. The molecule has 10 heteroatoms. The van der Waals surface area contributed by atoms with Crippen molar-refractivity contribution < 1.29 is 22.7 Å². The van der Waals surface area contributed by atoms with Gasteiger partial charge in [-0.2, -0.15) is 18.3 Å². The molecule has 0 bridgehead atoms. The van der Waals surface area contributed by atoms with Gasteiger partial charge in [0.25, 0.3) is 5.91 Å². The highest BCUT2D eigenvalue weighted by Crippen LogP contribution is 2.54. The number of rotatable bonds is 9. The molecule has 3 heterocycles. The van der Waals surface area contributed by atoms with E-state index in [1.807, 2.05) is 10.9 Å². The molecule has 0 radical (unpaired) electrons. The van der Waals surface area contributed by atoms with Gasteiger partial charge < -0.3 is 15.0 Å². The van der Waals surface area contributed by atoms with Crippen LogP contribution in [-0.4, -0.2) is 52.3 Å². The quantitative estimate of drug-likeness (QED) is 0.265. The number of carbonyl (C=O) groups is 1. The second-order valence-electron chi connectivity index (χ2n) is 13.5. The van der Waals surface area contributed by atoms with Gasteiger partial charge in [-0.1, -0.05) is 32.3 Å². The number of halogens is 3. The topological polar surface area (TPSA) is 72.3 Å². The number of pyridine rings is 1. The molecule has 2 aromatic heterocycles. The second kappa shape index (κ2) is 12.7. The number of anilines is 1. The Balaban J connectivity index is 1.03. The highest BCUT2D eigenvalue weighted by molar-refractivity contribution is 6.05. The molecule has 1 amide bonds. The fraction of sp³-hybridized carbons (Fsp3) is 0.618. The molecule has 0 unspecified atom stereocenters. The molecule has 7 nitrogen and oxygen atoms in total. The lowest BCUT2D eigenvalue weighted by atomic mass is 9.56. The first-order chi connectivity index (χ1) is 21.1. The summed E-state index contributed by atoms with van der Waals surface area (Å²) in [5.41, 5.74) is 0.327. The number of aromatic nitrogens is 3. The van der Waals surface area contributed by atoms with Gasteiger partial charge in [0, 0.05) is 24.2 Å². The molecule has 1 N–H and O–H groups in total. The fourth-order valence-corrected chi connectivity index (χ4v) is 7.87. The molecule has 1 saturated heterocycles. The van der Waals surface area contributed by atoms with Crippen molar-refractivity contribution in [1.82, 2.24) is 19.7 Å². The molecule has 3 aliphatic rings. The van der Waals surface area contributed by atoms with E-state index in [2.05, 4.69) is 22.1 Å². The molecular weight excluding hydrogens is 567 g/mol. The Hall–Kier alpha value is -3.14. The number of carbonyl (C=O) groups excluding carboxylic acids is 1. The minimum absolute atomic E-state index is 0.316. The zero-order chi connectivity index (χ0) is 30.9. The normalized spacial score (nSPS) is 22.7. The van der Waals surface area contributed by atoms with Crippen LogP contribution in [0, 0.1) is 17.3 Å². The summed E-state index contributed by atoms with van der Waals surface area (Å²) < 4.78 is 46.8. The lowest BCUT2D eigenvalue weighted by molar-refractivity contribution is -0.141. The van der Waals surface area contributed by atoms with Crippen LogP contribution in [0.1, 0.15) is 99.8 Å². The lowest BCUT2D eigenvalue weighted by Gasteiger charge is -2.53. The van der Waals surface area contributed by atoms with Crippen LogP contribution in [0.3, 0.4) is 0 Å². The lowest BCUT2D eigenvalue weighted by Crippen LogP contribution is -2.48. The first-order valence-corrected chi connectivity index (χ1v) is 16.3. The van der Waals surface area contributed by atoms with Gasteiger partial charge in [-0.3, -0.25) is 9.48 Å². The number of hydrogen-bond donors (Lipinski definition) is 1. The van der Waals surface area contributed by atoms with E-state index in [-0.39, 0.29) is 5.69 Å². The Morgan fingerprint density at radius 1 is 1.09 bits per heavy atom. The summed E-state index contributed by atoms with van der Waals surface area (Å²) >= 11 is 0. The number of likely N-dealkylation sites (tertiary alicyclic amines) is 1. The van der Waals surface area contributed by atoms with Crippen LogP contribution in [0.2, 0.25) is 0 Å². The molecule has 44 heavy (non-hydrogen) atoms. The van der Waals surface area contributed by atoms with Crippen molar-refractivity contribution in [3.63, 3.8) is 0 Å². The minimum atomic E-state index is -4.63. The molecule has 0 atom stereocenters. The van der Waals surface area contributed by atoms with Crippen molar-refractivity contribution in [3.05, 3.63) is 47.9 Å². The van der Waals surface area contributed by atoms with E-state index in [0.29, 0.717) is 22.9 Å². The Kier molecular flexibility index (Phi) is 8.91. The number of fused-ring (bicyclic) bond motifs is 1. The summed E-state index contributed by atoms with van der Waals surface area (Å²) in [4.78, 5) is 19.0. The van der Waals surface area contributed by atoms with E-state index in [1.54, 1.807) is 12.1 Å². The van der Waals surface area contributed by atoms with Crippen LogP contribution in [-0.2, 0) is 6.18 Å².